The average Bonchev–Trinajstić information content (AvgIpc) is 2.59. The van der Waals surface area contributed by atoms with Crippen LogP contribution in [0.5, 0.6) is 0 Å². The van der Waals surface area contributed by atoms with Crippen molar-refractivity contribution in [3.8, 4) is 0 Å². The lowest BCUT2D eigenvalue weighted by molar-refractivity contribution is -0.384. The minimum Gasteiger partial charge on any atom is -0.461 e. The number of carbonyl (C=O) groups excluding carboxylic acids is 1. The Labute approximate surface area is 134 Å². The van der Waals surface area contributed by atoms with Crippen molar-refractivity contribution < 1.29 is 14.5 Å². The predicted octanol–water partition coefficient (Wildman–Crippen LogP) is 3.10. The van der Waals surface area contributed by atoms with E-state index in [9.17, 15) is 14.9 Å². The van der Waals surface area contributed by atoms with Crippen molar-refractivity contribution in [2.75, 3.05) is 13.2 Å². The van der Waals surface area contributed by atoms with E-state index in [1.165, 1.54) is 24.3 Å². The van der Waals surface area contributed by atoms with Crippen LogP contribution in [-0.2, 0) is 4.74 Å². The summed E-state index contributed by atoms with van der Waals surface area (Å²) in [5.74, 6) is -0.492. The molecule has 2 rings (SSSR count). The van der Waals surface area contributed by atoms with Gasteiger partial charge in [-0.1, -0.05) is 30.3 Å². The molecule has 0 aliphatic heterocycles. The number of nitro benzene ring substituents is 1. The SMILES string of the molecule is CC(NCCOC(=O)c1ccc([N+](=O)[O-])cc1)c1ccccc1. The largest absolute Gasteiger partial charge is 0.461 e. The second-order valence-electron chi connectivity index (χ2n) is 5.03. The van der Waals surface area contributed by atoms with Gasteiger partial charge in [-0.05, 0) is 24.6 Å². The van der Waals surface area contributed by atoms with E-state index in [4.69, 9.17) is 4.74 Å². The minimum absolute atomic E-state index is 0.0556. The van der Waals surface area contributed by atoms with E-state index in [2.05, 4.69) is 5.32 Å². The third-order valence-electron chi connectivity index (χ3n) is 3.40. The minimum atomic E-state index is -0.510. The molecule has 2 aromatic rings. The summed E-state index contributed by atoms with van der Waals surface area (Å²) in [6.07, 6.45) is 0. The van der Waals surface area contributed by atoms with Crippen molar-refractivity contribution in [3.63, 3.8) is 0 Å². The monoisotopic (exact) mass is 314 g/mol. The fourth-order valence-corrected chi connectivity index (χ4v) is 2.08. The quantitative estimate of drug-likeness (QED) is 0.367. The first-order valence-electron chi connectivity index (χ1n) is 7.28. The van der Waals surface area contributed by atoms with Crippen LogP contribution in [0.3, 0.4) is 0 Å². The Morgan fingerprint density at radius 2 is 1.83 bits per heavy atom. The number of hydrogen-bond donors (Lipinski definition) is 1. The van der Waals surface area contributed by atoms with Gasteiger partial charge in [0.2, 0.25) is 0 Å². The zero-order chi connectivity index (χ0) is 16.7. The van der Waals surface area contributed by atoms with Gasteiger partial charge in [0.05, 0.1) is 10.5 Å². The van der Waals surface area contributed by atoms with Gasteiger partial charge in [0.25, 0.3) is 5.69 Å². The summed E-state index contributed by atoms with van der Waals surface area (Å²) in [5, 5.41) is 13.8. The molecule has 0 heterocycles. The average molecular weight is 314 g/mol. The number of benzene rings is 2. The first kappa shape index (κ1) is 16.6. The van der Waals surface area contributed by atoms with Crippen molar-refractivity contribution in [2.45, 2.75) is 13.0 Å². The highest BCUT2D eigenvalue weighted by atomic mass is 16.6. The molecular weight excluding hydrogens is 296 g/mol. The first-order chi connectivity index (χ1) is 11.1. The molecule has 0 spiro atoms. The molecule has 0 saturated carbocycles. The summed E-state index contributed by atoms with van der Waals surface area (Å²) < 4.78 is 5.14. The smallest absolute Gasteiger partial charge is 0.338 e. The van der Waals surface area contributed by atoms with E-state index < -0.39 is 10.9 Å². The number of non-ortho nitro benzene ring substituents is 1. The molecule has 6 heteroatoms. The van der Waals surface area contributed by atoms with E-state index >= 15 is 0 Å². The molecule has 120 valence electrons. The molecular formula is C17H18N2O4. The number of rotatable bonds is 7. The molecule has 1 atom stereocenters. The molecule has 0 radical (unpaired) electrons. The summed E-state index contributed by atoms with van der Waals surface area (Å²) >= 11 is 0. The van der Waals surface area contributed by atoms with Crippen molar-refractivity contribution in [3.05, 3.63) is 75.8 Å². The van der Waals surface area contributed by atoms with Crippen LogP contribution in [0.2, 0.25) is 0 Å². The molecule has 0 aliphatic carbocycles. The molecule has 0 aromatic heterocycles. The Kier molecular flexibility index (Phi) is 5.82. The lowest BCUT2D eigenvalue weighted by atomic mass is 10.1. The van der Waals surface area contributed by atoms with Gasteiger partial charge < -0.3 is 10.1 Å². The van der Waals surface area contributed by atoms with Gasteiger partial charge in [-0.2, -0.15) is 0 Å². The Hall–Kier alpha value is -2.73. The summed E-state index contributed by atoms with van der Waals surface area (Å²) in [6.45, 7) is 2.79. The lowest BCUT2D eigenvalue weighted by Crippen LogP contribution is -2.24. The maximum absolute atomic E-state index is 11.8. The third-order valence-corrected chi connectivity index (χ3v) is 3.40. The first-order valence-corrected chi connectivity index (χ1v) is 7.28. The summed E-state index contributed by atoms with van der Waals surface area (Å²) in [4.78, 5) is 21.9. The van der Waals surface area contributed by atoms with Gasteiger partial charge in [0.1, 0.15) is 6.61 Å². The maximum Gasteiger partial charge on any atom is 0.338 e. The second-order valence-corrected chi connectivity index (χ2v) is 5.03. The highest BCUT2D eigenvalue weighted by Crippen LogP contribution is 2.13. The summed E-state index contributed by atoms with van der Waals surface area (Å²) in [5.41, 5.74) is 1.40. The van der Waals surface area contributed by atoms with E-state index in [0.29, 0.717) is 12.1 Å². The van der Waals surface area contributed by atoms with Crippen LogP contribution in [0.4, 0.5) is 5.69 Å². The summed E-state index contributed by atoms with van der Waals surface area (Å²) in [7, 11) is 0. The molecule has 6 nitrogen and oxygen atoms in total. The zero-order valence-electron chi connectivity index (χ0n) is 12.8. The van der Waals surface area contributed by atoms with Gasteiger partial charge in [-0.15, -0.1) is 0 Å². The Bertz CT molecular complexity index is 656. The highest BCUT2D eigenvalue weighted by Gasteiger charge is 2.10. The highest BCUT2D eigenvalue weighted by molar-refractivity contribution is 5.89. The van der Waals surface area contributed by atoms with Crippen molar-refractivity contribution in [1.82, 2.24) is 5.32 Å². The molecule has 2 aromatic carbocycles. The second kappa shape index (κ2) is 8.05. The van der Waals surface area contributed by atoms with Crippen LogP contribution in [-0.4, -0.2) is 24.0 Å². The molecule has 1 unspecified atom stereocenters. The number of ether oxygens (including phenoxy) is 1. The summed E-state index contributed by atoms with van der Waals surface area (Å²) in [6, 6.07) is 15.5. The molecule has 0 aliphatic rings. The van der Waals surface area contributed by atoms with Gasteiger partial charge in [-0.25, -0.2) is 4.79 Å². The van der Waals surface area contributed by atoms with E-state index in [0.717, 1.165) is 5.56 Å². The normalized spacial score (nSPS) is 11.7. The van der Waals surface area contributed by atoms with E-state index in [1.807, 2.05) is 37.3 Å². The van der Waals surface area contributed by atoms with Crippen LogP contribution in [0, 0.1) is 10.1 Å². The molecule has 0 saturated heterocycles. The van der Waals surface area contributed by atoms with Crippen LogP contribution < -0.4 is 5.32 Å². The Morgan fingerprint density at radius 1 is 1.17 bits per heavy atom. The number of hydrogen-bond acceptors (Lipinski definition) is 5. The maximum atomic E-state index is 11.8. The molecule has 0 amide bonds. The van der Waals surface area contributed by atoms with Crippen LogP contribution in [0.1, 0.15) is 28.9 Å². The van der Waals surface area contributed by atoms with E-state index in [-0.39, 0.29) is 18.3 Å². The number of esters is 1. The van der Waals surface area contributed by atoms with Crippen LogP contribution in [0.25, 0.3) is 0 Å². The Morgan fingerprint density at radius 3 is 2.43 bits per heavy atom. The number of nitrogens with one attached hydrogen (secondary N) is 1. The van der Waals surface area contributed by atoms with Gasteiger partial charge in [0.15, 0.2) is 0 Å². The van der Waals surface area contributed by atoms with Crippen molar-refractivity contribution >= 4 is 11.7 Å². The zero-order valence-corrected chi connectivity index (χ0v) is 12.8. The lowest BCUT2D eigenvalue weighted by Gasteiger charge is -2.14. The third kappa shape index (κ3) is 4.89. The molecule has 1 N–H and O–H groups in total. The Balaban J connectivity index is 1.75. The fourth-order valence-electron chi connectivity index (χ4n) is 2.08. The standard InChI is InChI=1S/C17H18N2O4/c1-13(14-5-3-2-4-6-14)18-11-12-23-17(20)15-7-9-16(10-8-15)19(21)22/h2-10,13,18H,11-12H2,1H3. The molecule has 23 heavy (non-hydrogen) atoms. The van der Waals surface area contributed by atoms with Gasteiger partial charge in [0, 0.05) is 24.7 Å². The predicted molar refractivity (Wildman–Crippen MR) is 86.2 cm³/mol. The molecule has 0 bridgehead atoms. The topological polar surface area (TPSA) is 81.5 Å². The van der Waals surface area contributed by atoms with Crippen molar-refractivity contribution in [2.24, 2.45) is 0 Å². The van der Waals surface area contributed by atoms with E-state index in [1.54, 1.807) is 0 Å². The number of nitrogens with zero attached hydrogens (tertiary/aromatic N) is 1. The molecule has 0 fully saturated rings. The van der Waals surface area contributed by atoms with Gasteiger partial charge in [-0.3, -0.25) is 10.1 Å². The number of carbonyl (C=O) groups is 1. The fraction of sp³-hybridized carbons (Fsp3) is 0.235. The number of nitro groups is 1. The van der Waals surface area contributed by atoms with Crippen LogP contribution in [0.15, 0.2) is 54.6 Å². The van der Waals surface area contributed by atoms with Crippen LogP contribution >= 0.6 is 0 Å². The van der Waals surface area contributed by atoms with Crippen molar-refractivity contribution in [1.29, 1.82) is 0 Å². The van der Waals surface area contributed by atoms with Gasteiger partial charge >= 0.3 is 5.97 Å².